The first kappa shape index (κ1) is 22.9. The van der Waals surface area contributed by atoms with Crippen LogP contribution in [0, 0.1) is 5.82 Å². The topological polar surface area (TPSA) is 96.7 Å². The van der Waals surface area contributed by atoms with Gasteiger partial charge in [0.25, 0.3) is 5.56 Å². The summed E-state index contributed by atoms with van der Waals surface area (Å²) in [6.45, 7) is 0.356. The fourth-order valence-corrected chi connectivity index (χ4v) is 3.75. The number of nitrogens with two attached hydrogens (primary N) is 1. The number of hydrogen-bond donors (Lipinski definition) is 3. The lowest BCUT2D eigenvalue weighted by Crippen LogP contribution is -2.32. The maximum absolute atomic E-state index is 13.4. The minimum Gasteiger partial charge on any atom is -0.354 e. The van der Waals surface area contributed by atoms with Crippen LogP contribution in [0.5, 0.6) is 0 Å². The summed E-state index contributed by atoms with van der Waals surface area (Å²) in [5.74, 6) is -0.106. The van der Waals surface area contributed by atoms with E-state index in [0.29, 0.717) is 45.4 Å². The Hall–Kier alpha value is -3.26. The van der Waals surface area contributed by atoms with Gasteiger partial charge in [0, 0.05) is 30.5 Å². The Morgan fingerprint density at radius 2 is 1.73 bits per heavy atom. The van der Waals surface area contributed by atoms with E-state index in [9.17, 15) is 9.18 Å². The van der Waals surface area contributed by atoms with E-state index in [2.05, 4.69) is 20.3 Å². The van der Waals surface area contributed by atoms with Crippen molar-refractivity contribution in [1.82, 2.24) is 15.0 Å². The summed E-state index contributed by atoms with van der Waals surface area (Å²) in [5, 5.41) is 4.06. The summed E-state index contributed by atoms with van der Waals surface area (Å²) in [6.07, 6.45) is 3.79. The molecule has 0 aliphatic carbocycles. The number of halogens is 3. The molecule has 0 saturated carbocycles. The molecule has 2 aromatic heterocycles. The van der Waals surface area contributed by atoms with Crippen molar-refractivity contribution in [1.29, 1.82) is 0 Å². The number of nitrogens with one attached hydrogen (secondary N) is 2. The van der Waals surface area contributed by atoms with E-state index >= 15 is 0 Å². The molecule has 0 aliphatic heterocycles. The van der Waals surface area contributed by atoms with Crippen molar-refractivity contribution in [3.8, 4) is 22.4 Å². The lowest BCUT2D eigenvalue weighted by molar-refractivity contribution is 0.628. The minimum atomic E-state index is -0.386. The van der Waals surface area contributed by atoms with Gasteiger partial charge in [-0.15, -0.1) is 0 Å². The third-order valence-electron chi connectivity index (χ3n) is 5.02. The third-order valence-corrected chi connectivity index (χ3v) is 5.76. The van der Waals surface area contributed by atoms with Crippen LogP contribution in [0.4, 0.5) is 10.3 Å². The van der Waals surface area contributed by atoms with E-state index in [4.69, 9.17) is 28.9 Å². The van der Waals surface area contributed by atoms with Gasteiger partial charge in [0.05, 0.1) is 21.3 Å². The summed E-state index contributed by atoms with van der Waals surface area (Å²) in [7, 11) is 0. The number of aromatic amines is 1. The molecule has 0 aliphatic rings. The monoisotopic (exact) mass is 483 g/mol. The highest BCUT2D eigenvalue weighted by molar-refractivity contribution is 6.42. The Labute approximate surface area is 199 Å². The van der Waals surface area contributed by atoms with Crippen LogP contribution in [0.15, 0.2) is 71.8 Å². The Morgan fingerprint density at radius 1 is 1.00 bits per heavy atom. The maximum Gasteiger partial charge on any atom is 0.260 e. The van der Waals surface area contributed by atoms with E-state index in [1.54, 1.807) is 48.8 Å². The van der Waals surface area contributed by atoms with E-state index < -0.39 is 0 Å². The Kier molecular flexibility index (Phi) is 7.03. The van der Waals surface area contributed by atoms with E-state index in [1.807, 2.05) is 6.07 Å². The normalized spacial score (nSPS) is 11.9. The van der Waals surface area contributed by atoms with Gasteiger partial charge in [-0.1, -0.05) is 41.4 Å². The number of rotatable bonds is 7. The van der Waals surface area contributed by atoms with Gasteiger partial charge in [0.15, 0.2) is 0 Å². The van der Waals surface area contributed by atoms with Crippen molar-refractivity contribution in [2.24, 2.45) is 5.73 Å². The number of pyridine rings is 1. The van der Waals surface area contributed by atoms with Crippen molar-refractivity contribution in [3.05, 3.63) is 98.8 Å². The number of H-pyrrole nitrogens is 1. The molecule has 2 heterocycles. The molecule has 9 heteroatoms. The molecular formula is C24H20Cl2FN5O. The summed E-state index contributed by atoms with van der Waals surface area (Å²) in [5.41, 5.74) is 8.91. The maximum atomic E-state index is 13.4. The zero-order valence-electron chi connectivity index (χ0n) is 17.4. The molecule has 0 spiro atoms. The van der Waals surface area contributed by atoms with E-state index in [1.165, 1.54) is 12.1 Å². The van der Waals surface area contributed by atoms with Crippen molar-refractivity contribution in [2.75, 3.05) is 11.9 Å². The van der Waals surface area contributed by atoms with Crippen LogP contribution in [0.3, 0.4) is 0 Å². The second-order valence-corrected chi connectivity index (χ2v) is 8.29. The predicted octanol–water partition coefficient (Wildman–Crippen LogP) is 4.93. The van der Waals surface area contributed by atoms with Crippen LogP contribution >= 0.6 is 23.2 Å². The number of nitrogens with zero attached hydrogens (tertiary/aromatic N) is 2. The number of hydrogen-bond acceptors (Lipinski definition) is 5. The lowest BCUT2D eigenvalue weighted by atomic mass is 10.0. The second kappa shape index (κ2) is 10.1. The molecule has 2 aromatic carbocycles. The molecule has 4 N–H and O–H groups in total. The molecule has 1 atom stereocenters. The molecule has 6 nitrogen and oxygen atoms in total. The van der Waals surface area contributed by atoms with Gasteiger partial charge in [0.2, 0.25) is 5.95 Å². The van der Waals surface area contributed by atoms with Crippen LogP contribution < -0.4 is 16.6 Å². The van der Waals surface area contributed by atoms with Gasteiger partial charge in [-0.25, -0.2) is 9.37 Å². The average Bonchev–Trinajstić information content (AvgIpc) is 2.81. The first-order chi connectivity index (χ1) is 15.9. The van der Waals surface area contributed by atoms with Crippen molar-refractivity contribution >= 4 is 29.2 Å². The third kappa shape index (κ3) is 5.57. The molecule has 0 saturated heterocycles. The number of anilines is 1. The highest BCUT2D eigenvalue weighted by Gasteiger charge is 2.16. The van der Waals surface area contributed by atoms with Crippen molar-refractivity contribution < 1.29 is 4.39 Å². The van der Waals surface area contributed by atoms with E-state index in [-0.39, 0.29) is 23.4 Å². The molecule has 33 heavy (non-hydrogen) atoms. The van der Waals surface area contributed by atoms with Crippen LogP contribution in [0.1, 0.15) is 5.56 Å². The van der Waals surface area contributed by atoms with Crippen molar-refractivity contribution in [2.45, 2.75) is 12.5 Å². The summed E-state index contributed by atoms with van der Waals surface area (Å²) < 4.78 is 13.4. The summed E-state index contributed by atoms with van der Waals surface area (Å²) in [6, 6.07) is 14.3. The molecule has 1 unspecified atom stereocenters. The van der Waals surface area contributed by atoms with Gasteiger partial charge in [-0.2, -0.15) is 0 Å². The largest absolute Gasteiger partial charge is 0.354 e. The van der Waals surface area contributed by atoms with Crippen molar-refractivity contribution in [3.63, 3.8) is 0 Å². The zero-order valence-corrected chi connectivity index (χ0v) is 18.9. The van der Waals surface area contributed by atoms with Gasteiger partial charge in [-0.05, 0) is 53.9 Å². The first-order valence-electron chi connectivity index (χ1n) is 10.1. The number of aromatic nitrogens is 3. The fourth-order valence-electron chi connectivity index (χ4n) is 3.43. The molecule has 168 valence electrons. The molecule has 4 rings (SSSR count). The quantitative estimate of drug-likeness (QED) is 0.346. The van der Waals surface area contributed by atoms with Crippen LogP contribution in [0.25, 0.3) is 22.4 Å². The molecule has 0 amide bonds. The Morgan fingerprint density at radius 3 is 2.42 bits per heavy atom. The van der Waals surface area contributed by atoms with Gasteiger partial charge in [-0.3, -0.25) is 14.8 Å². The van der Waals surface area contributed by atoms with Gasteiger partial charge < -0.3 is 11.1 Å². The minimum absolute atomic E-state index is 0.270. The lowest BCUT2D eigenvalue weighted by Gasteiger charge is -2.15. The molecule has 0 fully saturated rings. The van der Waals surface area contributed by atoms with E-state index in [0.717, 1.165) is 5.56 Å². The number of benzene rings is 2. The molecular weight excluding hydrogens is 464 g/mol. The van der Waals surface area contributed by atoms with Crippen LogP contribution in [0.2, 0.25) is 10.0 Å². The van der Waals surface area contributed by atoms with Crippen LogP contribution in [-0.4, -0.2) is 27.5 Å². The van der Waals surface area contributed by atoms with Crippen LogP contribution in [-0.2, 0) is 6.42 Å². The second-order valence-electron chi connectivity index (χ2n) is 7.47. The Balaban J connectivity index is 1.60. The molecule has 0 bridgehead atoms. The highest BCUT2D eigenvalue weighted by atomic mass is 35.5. The van der Waals surface area contributed by atoms with Gasteiger partial charge >= 0.3 is 0 Å². The smallest absolute Gasteiger partial charge is 0.260 e. The fraction of sp³-hybridized carbons (Fsp3) is 0.125. The summed E-state index contributed by atoms with van der Waals surface area (Å²) >= 11 is 12.0. The molecule has 0 radical (unpaired) electrons. The average molecular weight is 484 g/mol. The first-order valence-corrected chi connectivity index (χ1v) is 10.9. The predicted molar refractivity (Wildman–Crippen MR) is 130 cm³/mol. The standard InChI is InChI=1S/C24H20Cl2FN5O/c25-19-6-1-14(12-20(19)26)11-18(28)13-30-24-31-22(16-7-9-29-10-8-16)21(23(33)32-24)15-2-4-17(27)5-3-15/h1-10,12,18H,11,13,28H2,(H2,30,31,32,33). The zero-order chi connectivity index (χ0) is 23.4. The Bertz CT molecular complexity index is 1310. The highest BCUT2D eigenvalue weighted by Crippen LogP contribution is 2.28. The van der Waals surface area contributed by atoms with Gasteiger partial charge in [0.1, 0.15) is 5.82 Å². The summed E-state index contributed by atoms with van der Waals surface area (Å²) in [4.78, 5) is 24.4. The SMILES string of the molecule is NC(CNc1nc(-c2ccncc2)c(-c2ccc(F)cc2)c(=O)[nH]1)Cc1ccc(Cl)c(Cl)c1. The molecule has 4 aromatic rings.